The van der Waals surface area contributed by atoms with E-state index in [0.29, 0.717) is 11.8 Å². The first-order valence-corrected chi connectivity index (χ1v) is 7.48. The normalized spacial score (nSPS) is 26.0. The minimum Gasteiger partial charge on any atom is -0.478 e. The third-order valence-electron chi connectivity index (χ3n) is 4.97. The molecule has 114 valence electrons. The largest absolute Gasteiger partial charge is 0.478 e. The quantitative estimate of drug-likeness (QED) is 0.874. The molecule has 0 aliphatic heterocycles. The molecule has 0 radical (unpaired) electrons. The molecule has 1 aromatic carbocycles. The van der Waals surface area contributed by atoms with Crippen molar-refractivity contribution in [2.24, 2.45) is 5.41 Å². The second-order valence-corrected chi connectivity index (χ2v) is 5.96. The predicted octanol–water partition coefficient (Wildman–Crippen LogP) is 3.28. The molecule has 2 fully saturated rings. The van der Waals surface area contributed by atoms with Crippen molar-refractivity contribution < 1.29 is 19.0 Å². The Hall–Kier alpha value is -1.62. The fourth-order valence-electron chi connectivity index (χ4n) is 3.62. The molecule has 0 amide bonds. The van der Waals surface area contributed by atoms with Crippen LogP contribution in [0.25, 0.3) is 0 Å². The second kappa shape index (κ2) is 5.30. The molecule has 2 saturated carbocycles. The van der Waals surface area contributed by atoms with Crippen molar-refractivity contribution in [3.8, 4) is 0 Å². The molecule has 21 heavy (non-hydrogen) atoms. The minimum absolute atomic E-state index is 0.188. The predicted molar refractivity (Wildman–Crippen MR) is 77.1 cm³/mol. The van der Waals surface area contributed by atoms with Crippen molar-refractivity contribution in [3.05, 3.63) is 29.6 Å². The van der Waals surface area contributed by atoms with E-state index in [1.165, 1.54) is 18.6 Å². The van der Waals surface area contributed by atoms with E-state index in [4.69, 9.17) is 9.84 Å². The van der Waals surface area contributed by atoms with E-state index in [9.17, 15) is 9.18 Å². The molecule has 1 spiro atoms. The van der Waals surface area contributed by atoms with Gasteiger partial charge in [-0.3, -0.25) is 0 Å². The number of hydrogen-bond donors (Lipinski definition) is 2. The number of carboxylic acids is 1. The molecule has 5 heteroatoms. The average molecular weight is 293 g/mol. The molecule has 3 rings (SSSR count). The highest BCUT2D eigenvalue weighted by atomic mass is 19.1. The maximum atomic E-state index is 13.4. The van der Waals surface area contributed by atoms with Gasteiger partial charge >= 0.3 is 5.97 Å². The third-order valence-corrected chi connectivity index (χ3v) is 4.97. The van der Waals surface area contributed by atoms with Gasteiger partial charge in [-0.15, -0.1) is 0 Å². The molecular formula is C16H20FNO3. The zero-order chi connectivity index (χ0) is 15.0. The molecule has 0 heterocycles. The molecule has 4 nitrogen and oxygen atoms in total. The Morgan fingerprint density at radius 1 is 1.52 bits per heavy atom. The van der Waals surface area contributed by atoms with Crippen molar-refractivity contribution >= 4 is 11.7 Å². The van der Waals surface area contributed by atoms with E-state index in [1.54, 1.807) is 6.07 Å². The van der Waals surface area contributed by atoms with Gasteiger partial charge in [-0.2, -0.15) is 0 Å². The summed E-state index contributed by atoms with van der Waals surface area (Å²) < 4.78 is 19.2. The van der Waals surface area contributed by atoms with Gasteiger partial charge in [-0.05, 0) is 44.4 Å². The molecule has 1 aromatic rings. The molecule has 2 atom stereocenters. The molecule has 0 saturated heterocycles. The van der Waals surface area contributed by atoms with Gasteiger partial charge in [0.05, 0.1) is 11.7 Å². The molecular weight excluding hydrogens is 273 g/mol. The van der Waals surface area contributed by atoms with Gasteiger partial charge in [-0.1, -0.05) is 6.42 Å². The van der Waals surface area contributed by atoms with E-state index in [0.717, 1.165) is 25.9 Å². The maximum absolute atomic E-state index is 13.4. The zero-order valence-corrected chi connectivity index (χ0v) is 12.1. The summed E-state index contributed by atoms with van der Waals surface area (Å²) in [5.74, 6) is -1.94. The molecule has 2 aliphatic rings. The van der Waals surface area contributed by atoms with Crippen molar-refractivity contribution in [3.63, 3.8) is 0 Å². The standard InChI is InChI=1S/C16H20FNO3/c1-2-21-14-9-13(16(14)6-3-7-16)18-10-4-5-12(17)11(8-10)15(19)20/h4-5,8,13-14,18H,2-3,6-7,9H2,1H3,(H,19,20). The van der Waals surface area contributed by atoms with Crippen molar-refractivity contribution in [1.29, 1.82) is 0 Å². The average Bonchev–Trinajstić information content (AvgIpc) is 2.37. The zero-order valence-electron chi connectivity index (χ0n) is 12.1. The number of anilines is 1. The first kappa shape index (κ1) is 14.3. The molecule has 2 aliphatic carbocycles. The van der Waals surface area contributed by atoms with Crippen LogP contribution in [0.15, 0.2) is 18.2 Å². The van der Waals surface area contributed by atoms with Gasteiger partial charge in [0.25, 0.3) is 0 Å². The van der Waals surface area contributed by atoms with Crippen LogP contribution in [0.2, 0.25) is 0 Å². The van der Waals surface area contributed by atoms with E-state index in [-0.39, 0.29) is 17.0 Å². The van der Waals surface area contributed by atoms with Crippen LogP contribution in [0.3, 0.4) is 0 Å². The fourth-order valence-corrected chi connectivity index (χ4v) is 3.62. The van der Waals surface area contributed by atoms with Crippen LogP contribution < -0.4 is 5.32 Å². The Morgan fingerprint density at radius 2 is 2.29 bits per heavy atom. The smallest absolute Gasteiger partial charge is 0.338 e. The number of halogens is 1. The summed E-state index contributed by atoms with van der Waals surface area (Å²) in [6.07, 6.45) is 4.72. The second-order valence-electron chi connectivity index (χ2n) is 5.96. The van der Waals surface area contributed by atoms with E-state index < -0.39 is 11.8 Å². The summed E-state index contributed by atoms with van der Waals surface area (Å²) >= 11 is 0. The number of nitrogens with one attached hydrogen (secondary N) is 1. The highest BCUT2D eigenvalue weighted by molar-refractivity contribution is 5.89. The van der Waals surface area contributed by atoms with Crippen LogP contribution in [0.5, 0.6) is 0 Å². The highest BCUT2D eigenvalue weighted by Crippen LogP contribution is 2.58. The van der Waals surface area contributed by atoms with Crippen molar-refractivity contribution in [2.45, 2.75) is 44.8 Å². The minimum atomic E-state index is -1.24. The monoisotopic (exact) mass is 293 g/mol. The highest BCUT2D eigenvalue weighted by Gasteiger charge is 2.58. The Morgan fingerprint density at radius 3 is 2.86 bits per heavy atom. The number of benzene rings is 1. The summed E-state index contributed by atoms with van der Waals surface area (Å²) in [5, 5.41) is 12.4. The lowest BCUT2D eigenvalue weighted by Gasteiger charge is -2.61. The SMILES string of the molecule is CCOC1CC(Nc2ccc(F)c(C(=O)O)c2)C12CCC2. The lowest BCUT2D eigenvalue weighted by molar-refractivity contribution is -0.157. The van der Waals surface area contributed by atoms with Gasteiger partial charge in [0.15, 0.2) is 0 Å². The van der Waals surface area contributed by atoms with E-state index in [1.807, 2.05) is 6.92 Å². The summed E-state index contributed by atoms with van der Waals surface area (Å²) in [7, 11) is 0. The summed E-state index contributed by atoms with van der Waals surface area (Å²) in [6.45, 7) is 2.73. The number of rotatable bonds is 5. The summed E-state index contributed by atoms with van der Waals surface area (Å²) in [6, 6.07) is 4.47. The van der Waals surface area contributed by atoms with E-state index >= 15 is 0 Å². The lowest BCUT2D eigenvalue weighted by atomic mass is 9.51. The number of carboxylic acid groups (broad SMARTS) is 1. The number of aromatic carboxylic acids is 1. The number of hydrogen-bond acceptors (Lipinski definition) is 3. The van der Waals surface area contributed by atoms with Crippen LogP contribution in [-0.2, 0) is 4.74 Å². The number of carbonyl (C=O) groups is 1. The molecule has 2 unspecified atom stereocenters. The Labute approximate surface area is 123 Å². The third kappa shape index (κ3) is 2.29. The fraction of sp³-hybridized carbons (Fsp3) is 0.562. The van der Waals surface area contributed by atoms with Crippen LogP contribution in [-0.4, -0.2) is 29.8 Å². The maximum Gasteiger partial charge on any atom is 0.338 e. The van der Waals surface area contributed by atoms with Crippen molar-refractivity contribution in [1.82, 2.24) is 0 Å². The van der Waals surface area contributed by atoms with E-state index in [2.05, 4.69) is 5.32 Å². The van der Waals surface area contributed by atoms with Crippen LogP contribution in [0, 0.1) is 11.2 Å². The summed E-state index contributed by atoms with van der Waals surface area (Å²) in [4.78, 5) is 11.0. The Kier molecular flexibility index (Phi) is 3.61. The van der Waals surface area contributed by atoms with Crippen LogP contribution in [0.4, 0.5) is 10.1 Å². The first-order chi connectivity index (χ1) is 10.1. The molecule has 0 aromatic heterocycles. The Balaban J connectivity index is 1.73. The van der Waals surface area contributed by atoms with Crippen LogP contribution in [0.1, 0.15) is 43.0 Å². The topological polar surface area (TPSA) is 58.6 Å². The number of ether oxygens (including phenoxy) is 1. The van der Waals surface area contributed by atoms with Gasteiger partial charge < -0.3 is 15.2 Å². The van der Waals surface area contributed by atoms with Crippen LogP contribution >= 0.6 is 0 Å². The van der Waals surface area contributed by atoms with Gasteiger partial charge in [0.1, 0.15) is 5.82 Å². The first-order valence-electron chi connectivity index (χ1n) is 7.48. The van der Waals surface area contributed by atoms with Gasteiger partial charge in [0.2, 0.25) is 0 Å². The Bertz CT molecular complexity index is 556. The van der Waals surface area contributed by atoms with Crippen molar-refractivity contribution in [2.75, 3.05) is 11.9 Å². The van der Waals surface area contributed by atoms with Gasteiger partial charge in [0, 0.05) is 23.8 Å². The molecule has 2 N–H and O–H groups in total. The lowest BCUT2D eigenvalue weighted by Crippen LogP contribution is -2.64. The molecule has 0 bridgehead atoms. The summed E-state index contributed by atoms with van der Waals surface area (Å²) in [5.41, 5.74) is 0.566. The van der Waals surface area contributed by atoms with Gasteiger partial charge in [-0.25, -0.2) is 9.18 Å².